The summed E-state index contributed by atoms with van der Waals surface area (Å²) < 4.78 is 17.9. The number of anilines is 1. The lowest BCUT2D eigenvalue weighted by atomic mass is 10.1. The number of amides is 1. The van der Waals surface area contributed by atoms with E-state index in [1.807, 2.05) is 0 Å². The summed E-state index contributed by atoms with van der Waals surface area (Å²) in [5.74, 6) is 0.343. The Morgan fingerprint density at radius 2 is 1.87 bits per heavy atom. The van der Waals surface area contributed by atoms with Crippen LogP contribution in [0.5, 0.6) is 0 Å². The molecule has 12 nitrogen and oxygen atoms in total. The number of aliphatic hydroxyl groups excluding tert-OH is 2. The van der Waals surface area contributed by atoms with Gasteiger partial charge in [0.1, 0.15) is 24.6 Å². The van der Waals surface area contributed by atoms with Gasteiger partial charge in [0, 0.05) is 11.4 Å². The van der Waals surface area contributed by atoms with Gasteiger partial charge in [0.25, 0.3) is 5.91 Å². The number of fused-ring (bicyclic) bond motifs is 1. The fourth-order valence-electron chi connectivity index (χ4n) is 3.17. The van der Waals surface area contributed by atoms with Gasteiger partial charge in [0.2, 0.25) is 0 Å². The second kappa shape index (κ2) is 8.27. The van der Waals surface area contributed by atoms with Crippen LogP contribution >= 0.6 is 7.60 Å². The Labute approximate surface area is 175 Å². The quantitative estimate of drug-likeness (QED) is 0.343. The molecule has 1 fully saturated rings. The zero-order valence-electron chi connectivity index (χ0n) is 15.8. The van der Waals surface area contributed by atoms with Gasteiger partial charge in [0.15, 0.2) is 23.2 Å². The first-order valence-corrected chi connectivity index (χ1v) is 10.7. The van der Waals surface area contributed by atoms with Crippen molar-refractivity contribution >= 4 is 30.5 Å². The molecular formula is C18H18N5O7P. The van der Waals surface area contributed by atoms with Crippen molar-refractivity contribution in [3.63, 3.8) is 0 Å². The molecule has 0 saturated carbocycles. The van der Waals surface area contributed by atoms with Crippen LogP contribution in [-0.2, 0) is 9.30 Å². The van der Waals surface area contributed by atoms with E-state index in [2.05, 4.69) is 20.3 Å². The Hall–Kier alpha value is -2.99. The first-order valence-electron chi connectivity index (χ1n) is 9.05. The van der Waals surface area contributed by atoms with Gasteiger partial charge in [0.05, 0.1) is 6.33 Å². The van der Waals surface area contributed by atoms with Crippen molar-refractivity contribution in [2.45, 2.75) is 24.5 Å². The maximum Gasteiger partial charge on any atom is 0.348 e. The largest absolute Gasteiger partial charge is 0.387 e. The third-order valence-corrected chi connectivity index (χ3v) is 5.21. The van der Waals surface area contributed by atoms with E-state index in [9.17, 15) is 19.6 Å². The van der Waals surface area contributed by atoms with Crippen LogP contribution in [0, 0.1) is 0 Å². The van der Waals surface area contributed by atoms with Crippen molar-refractivity contribution in [2.75, 3.05) is 5.32 Å². The summed E-state index contributed by atoms with van der Waals surface area (Å²) in [6, 6.07) is 8.51. The molecule has 13 heteroatoms. The van der Waals surface area contributed by atoms with Crippen LogP contribution in [0.4, 0.5) is 5.82 Å². The molecule has 1 saturated heterocycles. The molecule has 3 heterocycles. The number of nitrogens with zero attached hydrogens (tertiary/aromatic N) is 4. The number of aromatic nitrogens is 4. The second-order valence-electron chi connectivity index (χ2n) is 6.77. The number of hydrogen-bond donors (Lipinski definition) is 5. The fourth-order valence-corrected chi connectivity index (χ4v) is 3.56. The van der Waals surface area contributed by atoms with E-state index in [-0.39, 0.29) is 17.0 Å². The third-order valence-electron chi connectivity index (χ3n) is 4.65. The first kappa shape index (κ1) is 21.2. The second-order valence-corrected chi connectivity index (χ2v) is 8.25. The summed E-state index contributed by atoms with van der Waals surface area (Å²) in [6.45, 7) is 0. The van der Waals surface area contributed by atoms with Crippen molar-refractivity contribution in [2.24, 2.45) is 0 Å². The molecule has 2 aromatic heterocycles. The predicted octanol–water partition coefficient (Wildman–Crippen LogP) is 0.389. The van der Waals surface area contributed by atoms with E-state index < -0.39 is 38.0 Å². The average molecular weight is 447 g/mol. The molecule has 1 amide bonds. The summed E-state index contributed by atoms with van der Waals surface area (Å²) in [4.78, 5) is 42.7. The Morgan fingerprint density at radius 3 is 2.58 bits per heavy atom. The smallest absolute Gasteiger partial charge is 0.348 e. The zero-order chi connectivity index (χ0) is 22.2. The highest BCUT2D eigenvalue weighted by molar-refractivity contribution is 7.55. The number of ether oxygens (including phenoxy) is 1. The van der Waals surface area contributed by atoms with Gasteiger partial charge in [-0.3, -0.25) is 13.9 Å². The average Bonchev–Trinajstić information content (AvgIpc) is 3.29. The fraction of sp³-hybridized carbons (Fsp3) is 0.222. The summed E-state index contributed by atoms with van der Waals surface area (Å²) in [6.07, 6.45) is -1.68. The molecule has 4 rings (SSSR count). The van der Waals surface area contributed by atoms with Crippen molar-refractivity contribution in [3.05, 3.63) is 60.4 Å². The summed E-state index contributed by atoms with van der Waals surface area (Å²) >= 11 is 0. The maximum atomic E-state index is 12.4. The Bertz CT molecular complexity index is 1180. The van der Waals surface area contributed by atoms with Crippen molar-refractivity contribution in [1.82, 2.24) is 19.5 Å². The highest BCUT2D eigenvalue weighted by Crippen LogP contribution is 2.38. The summed E-state index contributed by atoms with van der Waals surface area (Å²) in [7, 11) is -4.46. The summed E-state index contributed by atoms with van der Waals surface area (Å²) in [5.41, 5.74) is 0.867. The Morgan fingerprint density at radius 1 is 1.13 bits per heavy atom. The maximum absolute atomic E-state index is 12.4. The van der Waals surface area contributed by atoms with Crippen molar-refractivity contribution in [3.8, 4) is 0 Å². The van der Waals surface area contributed by atoms with Gasteiger partial charge in [-0.15, -0.1) is 0 Å². The SMILES string of the molecule is O=C(Nc1ncnc2c1ncn2[C@@H]1O[C@H](C=CP(=O)(O)O)[C@@H](O)[C@H]1O)c1ccccc1. The molecule has 0 bridgehead atoms. The number of carbonyl (C=O) groups is 1. The molecule has 4 atom stereocenters. The van der Waals surface area contributed by atoms with Crippen LogP contribution in [0.15, 0.2) is 54.9 Å². The third kappa shape index (κ3) is 4.39. The molecule has 0 aliphatic carbocycles. The lowest BCUT2D eigenvalue weighted by molar-refractivity contribution is -0.0244. The molecule has 1 aliphatic heterocycles. The topological polar surface area (TPSA) is 180 Å². The molecule has 31 heavy (non-hydrogen) atoms. The zero-order valence-corrected chi connectivity index (χ0v) is 16.6. The highest BCUT2D eigenvalue weighted by atomic mass is 31.2. The van der Waals surface area contributed by atoms with Gasteiger partial charge >= 0.3 is 7.60 Å². The van der Waals surface area contributed by atoms with Crippen molar-refractivity contribution < 1.29 is 34.1 Å². The molecule has 1 aromatic carbocycles. The van der Waals surface area contributed by atoms with Gasteiger partial charge in [-0.2, -0.15) is 0 Å². The molecule has 3 aromatic rings. The van der Waals surface area contributed by atoms with Crippen LogP contribution in [-0.4, -0.2) is 63.7 Å². The molecule has 0 radical (unpaired) electrons. The Balaban J connectivity index is 1.61. The number of rotatable bonds is 5. The van der Waals surface area contributed by atoms with Crippen molar-refractivity contribution in [1.29, 1.82) is 0 Å². The van der Waals surface area contributed by atoms with E-state index in [1.54, 1.807) is 30.3 Å². The summed E-state index contributed by atoms with van der Waals surface area (Å²) in [5, 5.41) is 23.2. The van der Waals surface area contributed by atoms with Crippen LogP contribution in [0.3, 0.4) is 0 Å². The standard InChI is InChI=1S/C18H18N5O7P/c24-13-11(6-7-31(27,28)29)30-18(14(13)25)23-9-21-12-15(19-8-20-16(12)23)22-17(26)10-4-2-1-3-5-10/h1-9,11,13-14,18,24-25H,(H2,27,28,29)(H,19,20,22,26)/t11-,13-,14-,18-/m1/s1. The van der Waals surface area contributed by atoms with Crippen LogP contribution in [0.1, 0.15) is 16.6 Å². The lowest BCUT2D eigenvalue weighted by Crippen LogP contribution is -2.30. The van der Waals surface area contributed by atoms with E-state index >= 15 is 0 Å². The lowest BCUT2D eigenvalue weighted by Gasteiger charge is -2.16. The number of imidazole rings is 1. The molecule has 162 valence electrons. The minimum absolute atomic E-state index is 0.142. The van der Waals surface area contributed by atoms with Crippen LogP contribution < -0.4 is 5.32 Å². The predicted molar refractivity (Wildman–Crippen MR) is 107 cm³/mol. The number of nitrogens with one attached hydrogen (secondary N) is 1. The Kier molecular flexibility index (Phi) is 5.67. The van der Waals surface area contributed by atoms with Gasteiger partial charge < -0.3 is 30.1 Å². The van der Waals surface area contributed by atoms with Crippen LogP contribution in [0.2, 0.25) is 0 Å². The minimum atomic E-state index is -4.46. The number of benzene rings is 1. The van der Waals surface area contributed by atoms with Crippen LogP contribution in [0.25, 0.3) is 11.2 Å². The monoisotopic (exact) mass is 447 g/mol. The molecule has 1 aliphatic rings. The van der Waals surface area contributed by atoms with E-state index in [0.717, 1.165) is 6.08 Å². The number of aliphatic hydroxyl groups is 2. The minimum Gasteiger partial charge on any atom is -0.387 e. The molecule has 0 unspecified atom stereocenters. The van der Waals surface area contributed by atoms with E-state index in [0.29, 0.717) is 11.4 Å². The van der Waals surface area contributed by atoms with Gasteiger partial charge in [-0.05, 0) is 18.2 Å². The molecule has 5 N–H and O–H groups in total. The van der Waals surface area contributed by atoms with E-state index in [4.69, 9.17) is 14.5 Å². The number of carbonyl (C=O) groups excluding carboxylic acids is 1. The van der Waals surface area contributed by atoms with Gasteiger partial charge in [-0.1, -0.05) is 18.2 Å². The molecule has 0 spiro atoms. The highest BCUT2D eigenvalue weighted by Gasteiger charge is 2.43. The number of hydrogen-bond acceptors (Lipinski definition) is 8. The van der Waals surface area contributed by atoms with Gasteiger partial charge in [-0.25, -0.2) is 15.0 Å². The normalized spacial score (nSPS) is 24.1. The first-order chi connectivity index (χ1) is 14.7. The molecular weight excluding hydrogens is 429 g/mol. The van der Waals surface area contributed by atoms with E-state index in [1.165, 1.54) is 17.2 Å².